The minimum Gasteiger partial charge on any atom is -0.502 e. The topological polar surface area (TPSA) is 57.2 Å². The maximum Gasteiger partial charge on any atom is 0.201 e. The van der Waals surface area contributed by atoms with E-state index in [-0.39, 0.29) is 23.9 Å². The summed E-state index contributed by atoms with van der Waals surface area (Å²) in [5.74, 6) is 2.64. The quantitative estimate of drug-likeness (QED) is 0.831. The number of phenolic OH excluding ortho intramolecular Hbond substituents is 1. The summed E-state index contributed by atoms with van der Waals surface area (Å²) >= 11 is 0. The van der Waals surface area contributed by atoms with Crippen LogP contribution < -0.4 is 18.9 Å². The van der Waals surface area contributed by atoms with E-state index >= 15 is 0 Å². The van der Waals surface area contributed by atoms with Crippen molar-refractivity contribution < 1.29 is 24.1 Å². The Morgan fingerprint density at radius 1 is 1.19 bits per heavy atom. The lowest BCUT2D eigenvalue weighted by molar-refractivity contribution is 0.136. The van der Waals surface area contributed by atoms with Crippen LogP contribution in [0.4, 0.5) is 0 Å². The molecule has 3 aliphatic rings. The molecule has 3 heterocycles. The van der Waals surface area contributed by atoms with E-state index < -0.39 is 0 Å². The number of fused-ring (bicyclic) bond motifs is 6. The predicted molar refractivity (Wildman–Crippen MR) is 95.6 cm³/mol. The highest BCUT2D eigenvalue weighted by atomic mass is 16.5. The summed E-state index contributed by atoms with van der Waals surface area (Å²) in [6.07, 6.45) is 0.641. The van der Waals surface area contributed by atoms with Gasteiger partial charge in [-0.2, -0.15) is 0 Å². The van der Waals surface area contributed by atoms with Gasteiger partial charge in [0, 0.05) is 23.6 Å². The van der Waals surface area contributed by atoms with Crippen molar-refractivity contribution in [3.63, 3.8) is 0 Å². The first-order valence-electron chi connectivity index (χ1n) is 8.75. The minimum atomic E-state index is -0.180. The summed E-state index contributed by atoms with van der Waals surface area (Å²) in [6, 6.07) is 7.78. The molecule has 3 aliphatic heterocycles. The number of phenols is 1. The molecular formula is C21H20O5. The molecule has 0 fully saturated rings. The van der Waals surface area contributed by atoms with Crippen molar-refractivity contribution in [2.24, 2.45) is 0 Å². The molecule has 1 N–H and O–H groups in total. The van der Waals surface area contributed by atoms with Crippen LogP contribution in [0.25, 0.3) is 0 Å². The Balaban J connectivity index is 1.55. The van der Waals surface area contributed by atoms with Crippen LogP contribution in [0.5, 0.6) is 28.7 Å². The Morgan fingerprint density at radius 2 is 2.04 bits per heavy atom. The first-order valence-corrected chi connectivity index (χ1v) is 8.75. The molecule has 3 atom stereocenters. The summed E-state index contributed by atoms with van der Waals surface area (Å²) in [7, 11) is 1.53. The average Bonchev–Trinajstić information content (AvgIpc) is 3.21. The first kappa shape index (κ1) is 15.4. The van der Waals surface area contributed by atoms with Gasteiger partial charge in [0.25, 0.3) is 0 Å². The number of aromatic hydroxyl groups is 1. The minimum absolute atomic E-state index is 0.0136. The fraction of sp³-hybridized carbons (Fsp3) is 0.333. The maximum atomic E-state index is 10.4. The van der Waals surface area contributed by atoms with Crippen molar-refractivity contribution in [3.05, 3.63) is 53.1 Å². The van der Waals surface area contributed by atoms with Gasteiger partial charge in [-0.1, -0.05) is 12.6 Å². The molecule has 5 nitrogen and oxygen atoms in total. The first-order chi connectivity index (χ1) is 12.6. The third kappa shape index (κ3) is 2.03. The van der Waals surface area contributed by atoms with Crippen LogP contribution >= 0.6 is 0 Å². The van der Waals surface area contributed by atoms with Crippen LogP contribution in [-0.2, 0) is 6.42 Å². The van der Waals surface area contributed by atoms with Gasteiger partial charge in [-0.05, 0) is 30.2 Å². The van der Waals surface area contributed by atoms with Gasteiger partial charge < -0.3 is 24.1 Å². The molecule has 134 valence electrons. The molecule has 0 bridgehead atoms. The number of ether oxygens (including phenoxy) is 4. The van der Waals surface area contributed by atoms with Crippen LogP contribution in [-0.4, -0.2) is 24.9 Å². The normalized spacial score (nSPS) is 24.3. The zero-order chi connectivity index (χ0) is 18.0. The Labute approximate surface area is 151 Å². The Kier molecular flexibility index (Phi) is 3.17. The van der Waals surface area contributed by atoms with Gasteiger partial charge in [0.1, 0.15) is 23.7 Å². The molecular weight excluding hydrogens is 332 g/mol. The molecule has 0 aromatic heterocycles. The van der Waals surface area contributed by atoms with Crippen LogP contribution in [0, 0.1) is 0 Å². The van der Waals surface area contributed by atoms with Crippen molar-refractivity contribution in [1.29, 1.82) is 0 Å². The number of methoxy groups -OCH3 is 1. The molecule has 0 unspecified atom stereocenters. The van der Waals surface area contributed by atoms with Gasteiger partial charge in [-0.25, -0.2) is 0 Å². The smallest absolute Gasteiger partial charge is 0.201 e. The van der Waals surface area contributed by atoms with Crippen LogP contribution in [0.3, 0.4) is 0 Å². The van der Waals surface area contributed by atoms with Gasteiger partial charge in [0.15, 0.2) is 11.5 Å². The average molecular weight is 352 g/mol. The summed E-state index contributed by atoms with van der Waals surface area (Å²) in [5.41, 5.74) is 4.11. The Morgan fingerprint density at radius 3 is 2.81 bits per heavy atom. The standard InChI is InChI=1S/C21H20O5/c1-10(2)16-7-11-6-13-18(8-17(11)25-16)24-9-14-12-4-5-15(23-3)19(22)21(12)26-20(13)14/h4-6,8,14,16,20,22H,1,7,9H2,2-3H3/t14-,16-,20-/m1/s1. The van der Waals surface area contributed by atoms with Crippen molar-refractivity contribution >= 4 is 0 Å². The van der Waals surface area contributed by atoms with E-state index in [2.05, 4.69) is 12.6 Å². The van der Waals surface area contributed by atoms with E-state index in [0.29, 0.717) is 18.1 Å². The lowest BCUT2D eigenvalue weighted by Crippen LogP contribution is -2.23. The van der Waals surface area contributed by atoms with E-state index in [1.807, 2.05) is 19.1 Å². The molecule has 5 heteroatoms. The zero-order valence-electron chi connectivity index (χ0n) is 14.7. The van der Waals surface area contributed by atoms with Crippen molar-refractivity contribution in [2.75, 3.05) is 13.7 Å². The predicted octanol–water partition coefficient (Wildman–Crippen LogP) is 3.89. The van der Waals surface area contributed by atoms with E-state index in [1.165, 1.54) is 7.11 Å². The second-order valence-corrected chi connectivity index (χ2v) is 7.15. The van der Waals surface area contributed by atoms with Gasteiger partial charge in [0.05, 0.1) is 19.6 Å². The maximum absolute atomic E-state index is 10.4. The van der Waals surface area contributed by atoms with Crippen molar-refractivity contribution in [1.82, 2.24) is 0 Å². The summed E-state index contributed by atoms with van der Waals surface area (Å²) in [5, 5.41) is 10.4. The third-order valence-electron chi connectivity index (χ3n) is 5.50. The molecule has 0 amide bonds. The Bertz CT molecular complexity index is 932. The highest BCUT2D eigenvalue weighted by Gasteiger charge is 2.43. The molecule has 5 rings (SSSR count). The second kappa shape index (κ2) is 5.34. The fourth-order valence-electron chi connectivity index (χ4n) is 4.07. The van der Waals surface area contributed by atoms with Gasteiger partial charge >= 0.3 is 0 Å². The zero-order valence-corrected chi connectivity index (χ0v) is 14.7. The molecule has 0 aliphatic carbocycles. The highest BCUT2D eigenvalue weighted by Crippen LogP contribution is 2.56. The van der Waals surface area contributed by atoms with Gasteiger partial charge in [0.2, 0.25) is 5.75 Å². The summed E-state index contributed by atoms with van der Waals surface area (Å²) in [6.45, 7) is 6.48. The molecule has 26 heavy (non-hydrogen) atoms. The number of benzene rings is 2. The van der Waals surface area contributed by atoms with Gasteiger partial charge in [-0.15, -0.1) is 0 Å². The van der Waals surface area contributed by atoms with E-state index in [0.717, 1.165) is 40.2 Å². The lowest BCUT2D eigenvalue weighted by Gasteiger charge is -2.28. The second-order valence-electron chi connectivity index (χ2n) is 7.15. The largest absolute Gasteiger partial charge is 0.502 e. The highest BCUT2D eigenvalue weighted by molar-refractivity contribution is 5.61. The molecule has 0 spiro atoms. The van der Waals surface area contributed by atoms with Crippen LogP contribution in [0.15, 0.2) is 36.4 Å². The van der Waals surface area contributed by atoms with E-state index in [4.69, 9.17) is 18.9 Å². The third-order valence-corrected chi connectivity index (χ3v) is 5.50. The number of hydrogen-bond donors (Lipinski definition) is 1. The molecule has 0 saturated heterocycles. The molecule has 0 radical (unpaired) electrons. The van der Waals surface area contributed by atoms with E-state index in [9.17, 15) is 5.11 Å². The molecule has 2 aromatic carbocycles. The number of rotatable bonds is 2. The Hall–Kier alpha value is -2.82. The van der Waals surface area contributed by atoms with Crippen molar-refractivity contribution in [3.8, 4) is 28.7 Å². The monoisotopic (exact) mass is 352 g/mol. The summed E-state index contributed by atoms with van der Waals surface area (Å²) in [4.78, 5) is 0. The lowest BCUT2D eigenvalue weighted by atomic mass is 9.88. The van der Waals surface area contributed by atoms with Crippen LogP contribution in [0.2, 0.25) is 0 Å². The molecule has 2 aromatic rings. The molecule has 0 saturated carbocycles. The summed E-state index contributed by atoms with van der Waals surface area (Å²) < 4.78 is 23.4. The fourth-order valence-corrected chi connectivity index (χ4v) is 4.07. The number of hydrogen-bond acceptors (Lipinski definition) is 5. The van der Waals surface area contributed by atoms with Crippen molar-refractivity contribution in [2.45, 2.75) is 31.5 Å². The van der Waals surface area contributed by atoms with Gasteiger partial charge in [-0.3, -0.25) is 0 Å². The van der Waals surface area contributed by atoms with Crippen LogP contribution in [0.1, 0.15) is 35.6 Å². The SMILES string of the molecule is C=C(C)[C@H]1Cc2cc3c(cc2O1)OC[C@@H]1c2ccc(OC)c(O)c2O[C@H]31. The van der Waals surface area contributed by atoms with E-state index in [1.54, 1.807) is 6.07 Å².